The minimum atomic E-state index is -4.43. The van der Waals surface area contributed by atoms with Crippen LogP contribution in [0.25, 0.3) is 10.9 Å². The number of rotatable bonds is 2. The van der Waals surface area contributed by atoms with Gasteiger partial charge in [-0.2, -0.15) is 18.4 Å². The number of nitrogens with one attached hydrogen (secondary N) is 1. The molecule has 0 spiro atoms. The Balaban J connectivity index is 2.03. The predicted octanol–water partition coefficient (Wildman–Crippen LogP) is 4.21. The van der Waals surface area contributed by atoms with Crippen LogP contribution in [0.15, 0.2) is 53.3 Å². The van der Waals surface area contributed by atoms with Crippen molar-refractivity contribution in [3.8, 4) is 17.6 Å². The quantitative estimate of drug-likeness (QED) is 0.765. The van der Waals surface area contributed by atoms with Crippen molar-refractivity contribution >= 4 is 10.9 Å². The van der Waals surface area contributed by atoms with E-state index in [0.29, 0.717) is 16.5 Å². The van der Waals surface area contributed by atoms with Gasteiger partial charge in [-0.3, -0.25) is 4.79 Å². The lowest BCUT2D eigenvalue weighted by molar-refractivity contribution is -0.137. The molecule has 0 fully saturated rings. The highest BCUT2D eigenvalue weighted by Gasteiger charge is 2.30. The van der Waals surface area contributed by atoms with Crippen molar-refractivity contribution in [2.75, 3.05) is 0 Å². The van der Waals surface area contributed by atoms with Crippen LogP contribution in [0.5, 0.6) is 11.5 Å². The van der Waals surface area contributed by atoms with Crippen LogP contribution in [0.4, 0.5) is 13.2 Å². The van der Waals surface area contributed by atoms with E-state index < -0.39 is 11.7 Å². The van der Waals surface area contributed by atoms with Crippen LogP contribution >= 0.6 is 0 Å². The SMILES string of the molecule is N#Cc1ccc(Oc2ccc(C(F)(F)F)cc2)c2[nH]c(=O)ccc12. The first-order valence-electron chi connectivity index (χ1n) is 6.80. The third-order valence-corrected chi connectivity index (χ3v) is 3.39. The molecule has 0 aliphatic rings. The van der Waals surface area contributed by atoms with E-state index in [1.165, 1.54) is 36.4 Å². The maximum Gasteiger partial charge on any atom is 0.416 e. The fourth-order valence-electron chi connectivity index (χ4n) is 2.25. The monoisotopic (exact) mass is 330 g/mol. The Morgan fingerprint density at radius 1 is 1.00 bits per heavy atom. The molecule has 1 N–H and O–H groups in total. The van der Waals surface area contributed by atoms with E-state index in [4.69, 9.17) is 10.00 Å². The third kappa shape index (κ3) is 2.94. The first kappa shape index (κ1) is 15.6. The zero-order valence-corrected chi connectivity index (χ0v) is 12.0. The van der Waals surface area contributed by atoms with Crippen molar-refractivity contribution in [2.24, 2.45) is 0 Å². The van der Waals surface area contributed by atoms with E-state index in [1.807, 2.05) is 6.07 Å². The van der Waals surface area contributed by atoms with Gasteiger partial charge in [-0.25, -0.2) is 0 Å². The molecule has 7 heteroatoms. The lowest BCUT2D eigenvalue weighted by Crippen LogP contribution is -2.05. The van der Waals surface area contributed by atoms with Gasteiger partial charge in [0.2, 0.25) is 5.56 Å². The summed E-state index contributed by atoms with van der Waals surface area (Å²) in [6.45, 7) is 0. The zero-order chi connectivity index (χ0) is 17.3. The van der Waals surface area contributed by atoms with Crippen LogP contribution in [-0.4, -0.2) is 4.98 Å². The van der Waals surface area contributed by atoms with Crippen molar-refractivity contribution in [3.05, 3.63) is 70.0 Å². The fraction of sp³-hybridized carbons (Fsp3) is 0.0588. The van der Waals surface area contributed by atoms with Crippen LogP contribution < -0.4 is 10.3 Å². The van der Waals surface area contributed by atoms with Gasteiger partial charge >= 0.3 is 6.18 Å². The Labute approximate surface area is 133 Å². The maximum atomic E-state index is 12.6. The van der Waals surface area contributed by atoms with Crippen molar-refractivity contribution in [1.29, 1.82) is 5.26 Å². The molecule has 0 radical (unpaired) electrons. The number of nitriles is 1. The lowest BCUT2D eigenvalue weighted by Gasteiger charge is -2.11. The molecule has 24 heavy (non-hydrogen) atoms. The number of alkyl halides is 3. The molecular formula is C17H9F3N2O2. The molecule has 3 rings (SSSR count). The lowest BCUT2D eigenvalue weighted by atomic mass is 10.1. The standard InChI is InChI=1S/C17H9F3N2O2/c18-17(19,20)11-2-4-12(5-3-11)24-14-7-1-10(9-21)13-6-8-15(23)22-16(13)14/h1-8H,(H,22,23). The second kappa shape index (κ2) is 5.74. The molecule has 1 aromatic heterocycles. The summed E-state index contributed by atoms with van der Waals surface area (Å²) in [6.07, 6.45) is -4.43. The maximum absolute atomic E-state index is 12.6. The van der Waals surface area contributed by atoms with E-state index >= 15 is 0 Å². The van der Waals surface area contributed by atoms with Crippen LogP contribution in [0, 0.1) is 11.3 Å². The molecule has 1 heterocycles. The number of benzene rings is 2. The van der Waals surface area contributed by atoms with Crippen molar-refractivity contribution < 1.29 is 17.9 Å². The average molecular weight is 330 g/mol. The van der Waals surface area contributed by atoms with Crippen LogP contribution in [0.3, 0.4) is 0 Å². The number of halogens is 3. The molecule has 0 aliphatic heterocycles. The fourth-order valence-corrected chi connectivity index (χ4v) is 2.25. The largest absolute Gasteiger partial charge is 0.455 e. The predicted molar refractivity (Wildman–Crippen MR) is 80.8 cm³/mol. The summed E-state index contributed by atoms with van der Waals surface area (Å²) in [5, 5.41) is 9.59. The summed E-state index contributed by atoms with van der Waals surface area (Å²) >= 11 is 0. The molecule has 0 amide bonds. The highest BCUT2D eigenvalue weighted by molar-refractivity contribution is 5.89. The number of fused-ring (bicyclic) bond motifs is 1. The van der Waals surface area contributed by atoms with Gasteiger partial charge in [0.05, 0.1) is 22.7 Å². The molecular weight excluding hydrogens is 321 g/mol. The van der Waals surface area contributed by atoms with Gasteiger partial charge < -0.3 is 9.72 Å². The van der Waals surface area contributed by atoms with Gasteiger partial charge in [-0.1, -0.05) is 0 Å². The Hall–Kier alpha value is -3.27. The number of H-pyrrole nitrogens is 1. The molecule has 0 bridgehead atoms. The second-order valence-corrected chi connectivity index (χ2v) is 4.96. The molecule has 0 saturated heterocycles. The van der Waals surface area contributed by atoms with E-state index in [-0.39, 0.29) is 17.1 Å². The molecule has 0 aliphatic carbocycles. The number of hydrogen-bond donors (Lipinski definition) is 1. The summed E-state index contributed by atoms with van der Waals surface area (Å²) in [6, 6.07) is 12.0. The second-order valence-electron chi connectivity index (χ2n) is 4.96. The molecule has 3 aromatic rings. The number of hydrogen-bond acceptors (Lipinski definition) is 3. The van der Waals surface area contributed by atoms with Gasteiger partial charge in [0.15, 0.2) is 5.75 Å². The molecule has 0 unspecified atom stereocenters. The highest BCUT2D eigenvalue weighted by atomic mass is 19.4. The minimum absolute atomic E-state index is 0.179. The normalized spacial score (nSPS) is 11.2. The summed E-state index contributed by atoms with van der Waals surface area (Å²) in [5.41, 5.74) is -0.509. The van der Waals surface area contributed by atoms with Gasteiger partial charge in [0.25, 0.3) is 0 Å². The van der Waals surface area contributed by atoms with Crippen LogP contribution in [-0.2, 0) is 6.18 Å². The number of pyridine rings is 1. The van der Waals surface area contributed by atoms with Crippen molar-refractivity contribution in [2.45, 2.75) is 6.18 Å². The molecule has 120 valence electrons. The topological polar surface area (TPSA) is 65.9 Å². The van der Waals surface area contributed by atoms with E-state index in [0.717, 1.165) is 12.1 Å². The van der Waals surface area contributed by atoms with Crippen molar-refractivity contribution in [3.63, 3.8) is 0 Å². The Morgan fingerprint density at radius 3 is 2.33 bits per heavy atom. The Bertz CT molecular complexity index is 999. The van der Waals surface area contributed by atoms with Gasteiger partial charge in [-0.05, 0) is 42.5 Å². The average Bonchev–Trinajstić information content (AvgIpc) is 2.55. The third-order valence-electron chi connectivity index (χ3n) is 3.39. The number of nitrogens with zero attached hydrogens (tertiary/aromatic N) is 1. The number of aromatic amines is 1. The summed E-state index contributed by atoms with van der Waals surface area (Å²) < 4.78 is 43.3. The van der Waals surface area contributed by atoms with E-state index in [2.05, 4.69) is 4.98 Å². The first-order chi connectivity index (χ1) is 11.4. The Morgan fingerprint density at radius 2 is 1.71 bits per heavy atom. The first-order valence-corrected chi connectivity index (χ1v) is 6.80. The summed E-state index contributed by atoms with van der Waals surface area (Å²) in [5.74, 6) is 0.417. The van der Waals surface area contributed by atoms with Gasteiger partial charge in [-0.15, -0.1) is 0 Å². The molecule has 0 saturated carbocycles. The molecule has 4 nitrogen and oxygen atoms in total. The summed E-state index contributed by atoms with van der Waals surface area (Å²) in [7, 11) is 0. The van der Waals surface area contributed by atoms with Crippen molar-refractivity contribution in [1.82, 2.24) is 4.98 Å². The summed E-state index contributed by atoms with van der Waals surface area (Å²) in [4.78, 5) is 14.1. The van der Waals surface area contributed by atoms with Gasteiger partial charge in [0.1, 0.15) is 5.75 Å². The zero-order valence-electron chi connectivity index (χ0n) is 12.0. The number of aromatic nitrogens is 1. The molecule has 2 aromatic carbocycles. The van der Waals surface area contributed by atoms with Crippen LogP contribution in [0.1, 0.15) is 11.1 Å². The Kier molecular flexibility index (Phi) is 3.73. The number of ether oxygens (including phenoxy) is 1. The minimum Gasteiger partial charge on any atom is -0.455 e. The smallest absolute Gasteiger partial charge is 0.416 e. The van der Waals surface area contributed by atoms with Crippen LogP contribution in [0.2, 0.25) is 0 Å². The van der Waals surface area contributed by atoms with E-state index in [9.17, 15) is 18.0 Å². The highest BCUT2D eigenvalue weighted by Crippen LogP contribution is 2.33. The van der Waals surface area contributed by atoms with E-state index in [1.54, 1.807) is 0 Å². The van der Waals surface area contributed by atoms with Gasteiger partial charge in [0, 0.05) is 11.5 Å². The molecule has 0 atom stereocenters.